The van der Waals surface area contributed by atoms with Gasteiger partial charge in [0.1, 0.15) is 0 Å². The van der Waals surface area contributed by atoms with E-state index < -0.39 is 0 Å². The summed E-state index contributed by atoms with van der Waals surface area (Å²) in [6, 6.07) is 11.7. The predicted octanol–water partition coefficient (Wildman–Crippen LogP) is 2.69. The molecule has 0 spiro atoms. The zero-order valence-corrected chi connectivity index (χ0v) is 14.4. The molecule has 0 atom stereocenters. The van der Waals surface area contributed by atoms with Gasteiger partial charge in [-0.05, 0) is 29.6 Å². The fraction of sp³-hybridized carbons (Fsp3) is 0.125. The highest BCUT2D eigenvalue weighted by Gasteiger charge is 2.20. The lowest BCUT2D eigenvalue weighted by Gasteiger charge is -2.13. The van der Waals surface area contributed by atoms with Crippen LogP contribution in [-0.4, -0.2) is 39.2 Å². The highest BCUT2D eigenvalue weighted by Crippen LogP contribution is 2.28. The largest absolute Gasteiger partial charge is 0.382 e. The van der Waals surface area contributed by atoms with Gasteiger partial charge in [-0.2, -0.15) is 9.67 Å². The molecule has 4 rings (SSSR count). The molecule has 0 aliphatic heterocycles. The van der Waals surface area contributed by atoms with Crippen LogP contribution in [0, 0.1) is 0 Å². The first kappa shape index (κ1) is 15.3. The average molecular weight is 353 g/mol. The Morgan fingerprint density at radius 2 is 2.08 bits per heavy atom. The van der Waals surface area contributed by atoms with E-state index in [-0.39, 0.29) is 5.89 Å². The fourth-order valence-corrected chi connectivity index (χ4v) is 3.01. The van der Waals surface area contributed by atoms with Gasteiger partial charge in [0.25, 0.3) is 5.89 Å². The van der Waals surface area contributed by atoms with Crippen molar-refractivity contribution in [2.24, 2.45) is 0 Å². The quantitative estimate of drug-likeness (QED) is 0.602. The van der Waals surface area contributed by atoms with Gasteiger partial charge in [-0.3, -0.25) is 0 Å². The summed E-state index contributed by atoms with van der Waals surface area (Å²) in [5.74, 6) is 1.10. The number of thiophene rings is 1. The predicted molar refractivity (Wildman–Crippen MR) is 96.7 cm³/mol. The zero-order valence-electron chi connectivity index (χ0n) is 13.6. The molecule has 0 unspecified atom stereocenters. The molecule has 4 aromatic rings. The van der Waals surface area contributed by atoms with E-state index in [1.165, 1.54) is 11.3 Å². The Morgan fingerprint density at radius 1 is 1.20 bits per heavy atom. The molecule has 1 aromatic carbocycles. The third-order valence-corrected chi connectivity index (χ3v) is 4.53. The number of nitrogen functional groups attached to an aromatic ring is 1. The standard InChI is InChI=1S/C16H15N7OS/c1-22(2)10-5-3-6-11(9-10)23-14(17)13(19-21-23)16-18-15(20-24-16)12-7-4-8-25-12/h3-9H,17H2,1-2H3. The fourth-order valence-electron chi connectivity index (χ4n) is 2.36. The second-order valence-electron chi connectivity index (χ2n) is 5.55. The first-order valence-corrected chi connectivity index (χ1v) is 8.38. The van der Waals surface area contributed by atoms with Crippen LogP contribution >= 0.6 is 11.3 Å². The van der Waals surface area contributed by atoms with Crippen molar-refractivity contribution in [3.63, 3.8) is 0 Å². The van der Waals surface area contributed by atoms with E-state index in [0.29, 0.717) is 17.3 Å². The van der Waals surface area contributed by atoms with Gasteiger partial charge in [0, 0.05) is 19.8 Å². The topological polar surface area (TPSA) is 98.9 Å². The maximum atomic E-state index is 6.22. The van der Waals surface area contributed by atoms with E-state index in [4.69, 9.17) is 10.3 Å². The Kier molecular flexibility index (Phi) is 3.69. The third-order valence-electron chi connectivity index (χ3n) is 3.67. The first-order valence-electron chi connectivity index (χ1n) is 7.50. The van der Waals surface area contributed by atoms with E-state index in [1.54, 1.807) is 4.68 Å². The number of hydrogen-bond donors (Lipinski definition) is 1. The Hall–Kier alpha value is -3.20. The molecule has 3 aromatic heterocycles. The van der Waals surface area contributed by atoms with E-state index in [9.17, 15) is 0 Å². The summed E-state index contributed by atoms with van der Waals surface area (Å²) < 4.78 is 6.86. The van der Waals surface area contributed by atoms with Gasteiger partial charge in [0.05, 0.1) is 10.6 Å². The minimum absolute atomic E-state index is 0.246. The number of anilines is 2. The summed E-state index contributed by atoms with van der Waals surface area (Å²) in [7, 11) is 3.94. The number of rotatable bonds is 4. The lowest BCUT2D eigenvalue weighted by atomic mass is 10.2. The van der Waals surface area contributed by atoms with Gasteiger partial charge in [0.15, 0.2) is 11.5 Å². The molecule has 8 nitrogen and oxygen atoms in total. The smallest absolute Gasteiger partial charge is 0.282 e. The molecule has 0 aliphatic carbocycles. The first-order chi connectivity index (χ1) is 12.1. The SMILES string of the molecule is CN(C)c1cccc(-n2nnc(-c3nc(-c4cccs4)no3)c2N)c1. The van der Waals surface area contributed by atoms with E-state index in [0.717, 1.165) is 16.3 Å². The van der Waals surface area contributed by atoms with Crippen LogP contribution in [0.15, 0.2) is 46.3 Å². The van der Waals surface area contributed by atoms with E-state index >= 15 is 0 Å². The Bertz CT molecular complexity index is 1000. The summed E-state index contributed by atoms with van der Waals surface area (Å²) in [6.07, 6.45) is 0. The lowest BCUT2D eigenvalue weighted by molar-refractivity contribution is 0.431. The van der Waals surface area contributed by atoms with Crippen molar-refractivity contribution in [1.82, 2.24) is 25.1 Å². The number of nitrogens with two attached hydrogens (primary N) is 1. The third kappa shape index (κ3) is 2.74. The van der Waals surface area contributed by atoms with Gasteiger partial charge in [0.2, 0.25) is 5.82 Å². The van der Waals surface area contributed by atoms with Crippen molar-refractivity contribution in [2.45, 2.75) is 0 Å². The van der Waals surface area contributed by atoms with Crippen LogP contribution in [0.1, 0.15) is 0 Å². The van der Waals surface area contributed by atoms with Gasteiger partial charge in [-0.15, -0.1) is 16.4 Å². The van der Waals surface area contributed by atoms with Gasteiger partial charge >= 0.3 is 0 Å². The van der Waals surface area contributed by atoms with Crippen LogP contribution in [0.5, 0.6) is 0 Å². The van der Waals surface area contributed by atoms with Crippen LogP contribution in [0.4, 0.5) is 11.5 Å². The molecule has 2 N–H and O–H groups in total. The zero-order chi connectivity index (χ0) is 17.4. The van der Waals surface area contributed by atoms with Gasteiger partial charge in [-0.25, -0.2) is 0 Å². The van der Waals surface area contributed by atoms with Crippen molar-refractivity contribution in [3.05, 3.63) is 41.8 Å². The Morgan fingerprint density at radius 3 is 2.84 bits per heavy atom. The molecule has 0 radical (unpaired) electrons. The number of hydrogen-bond acceptors (Lipinski definition) is 8. The van der Waals surface area contributed by atoms with Crippen LogP contribution < -0.4 is 10.6 Å². The van der Waals surface area contributed by atoms with Gasteiger partial charge < -0.3 is 15.2 Å². The average Bonchev–Trinajstić information content (AvgIpc) is 3.35. The Labute approximate surface area is 147 Å². The normalized spacial score (nSPS) is 11.0. The summed E-state index contributed by atoms with van der Waals surface area (Å²) in [5, 5.41) is 14.2. The maximum absolute atomic E-state index is 6.22. The van der Waals surface area contributed by atoms with Crippen LogP contribution in [0.3, 0.4) is 0 Å². The maximum Gasteiger partial charge on any atom is 0.282 e. The number of benzene rings is 1. The molecule has 0 bridgehead atoms. The number of nitrogens with zero attached hydrogens (tertiary/aromatic N) is 6. The van der Waals surface area contributed by atoms with E-state index in [1.807, 2.05) is 60.8 Å². The second kappa shape index (κ2) is 6.02. The molecule has 0 amide bonds. The number of aromatic nitrogens is 5. The molecule has 0 saturated heterocycles. The van der Waals surface area contributed by atoms with Crippen molar-refractivity contribution < 1.29 is 4.52 Å². The molecular formula is C16H15N7OS. The molecule has 25 heavy (non-hydrogen) atoms. The molecular weight excluding hydrogens is 338 g/mol. The Balaban J connectivity index is 1.71. The summed E-state index contributed by atoms with van der Waals surface area (Å²) in [5.41, 5.74) is 8.43. The minimum atomic E-state index is 0.246. The molecule has 3 heterocycles. The monoisotopic (exact) mass is 353 g/mol. The van der Waals surface area contributed by atoms with E-state index in [2.05, 4.69) is 20.5 Å². The highest BCUT2D eigenvalue weighted by molar-refractivity contribution is 7.13. The molecule has 9 heteroatoms. The molecule has 126 valence electrons. The van der Waals surface area contributed by atoms with Crippen LogP contribution in [0.2, 0.25) is 0 Å². The van der Waals surface area contributed by atoms with Crippen LogP contribution in [-0.2, 0) is 0 Å². The summed E-state index contributed by atoms with van der Waals surface area (Å²) >= 11 is 1.53. The lowest BCUT2D eigenvalue weighted by Crippen LogP contribution is -2.09. The molecule has 0 aliphatic rings. The second-order valence-corrected chi connectivity index (χ2v) is 6.50. The minimum Gasteiger partial charge on any atom is -0.382 e. The van der Waals surface area contributed by atoms with Gasteiger partial charge in [-0.1, -0.05) is 22.5 Å². The highest BCUT2D eigenvalue weighted by atomic mass is 32.1. The van der Waals surface area contributed by atoms with Crippen molar-refractivity contribution in [3.8, 4) is 28.0 Å². The van der Waals surface area contributed by atoms with Crippen molar-refractivity contribution >= 4 is 22.8 Å². The summed E-state index contributed by atoms with van der Waals surface area (Å²) in [4.78, 5) is 7.28. The molecule has 0 fully saturated rings. The van der Waals surface area contributed by atoms with Crippen molar-refractivity contribution in [1.29, 1.82) is 0 Å². The van der Waals surface area contributed by atoms with Crippen LogP contribution in [0.25, 0.3) is 28.0 Å². The molecule has 0 saturated carbocycles. The summed E-state index contributed by atoms with van der Waals surface area (Å²) in [6.45, 7) is 0. The van der Waals surface area contributed by atoms with Crippen molar-refractivity contribution in [2.75, 3.05) is 24.7 Å².